The van der Waals surface area contributed by atoms with Crippen molar-refractivity contribution in [2.75, 3.05) is 0 Å². The lowest BCUT2D eigenvalue weighted by Crippen LogP contribution is -2.37. The molecule has 0 spiro atoms. The van der Waals surface area contributed by atoms with Crippen LogP contribution in [0.3, 0.4) is 0 Å². The van der Waals surface area contributed by atoms with Gasteiger partial charge in [0.25, 0.3) is 5.56 Å². The van der Waals surface area contributed by atoms with Crippen molar-refractivity contribution in [1.29, 1.82) is 0 Å². The number of halogens is 1. The van der Waals surface area contributed by atoms with Crippen LogP contribution >= 0.6 is 0 Å². The summed E-state index contributed by atoms with van der Waals surface area (Å²) in [4.78, 5) is 26.7. The largest absolute Gasteiger partial charge is 0.508 e. The highest BCUT2D eigenvalue weighted by atomic mass is 19.1. The topological polar surface area (TPSA) is 78.4 Å². The zero-order valence-electron chi connectivity index (χ0n) is 19.8. The second-order valence-corrected chi connectivity index (χ2v) is 9.03. The van der Waals surface area contributed by atoms with E-state index in [1.807, 2.05) is 41.8 Å². The summed E-state index contributed by atoms with van der Waals surface area (Å²) in [6.07, 6.45) is -0.824. The second kappa shape index (κ2) is 7.71. The molecule has 8 heteroatoms. The minimum Gasteiger partial charge on any atom is -0.508 e. The van der Waals surface area contributed by atoms with Gasteiger partial charge in [0.15, 0.2) is 6.10 Å². The molecule has 1 N–H and O–H groups in total. The quantitative estimate of drug-likeness (QED) is 0.406. The van der Waals surface area contributed by atoms with Crippen molar-refractivity contribution >= 4 is 10.9 Å². The smallest absolute Gasteiger partial charge is 0.331 e. The predicted molar refractivity (Wildman–Crippen MR) is 134 cm³/mol. The van der Waals surface area contributed by atoms with Crippen molar-refractivity contribution in [3.63, 3.8) is 0 Å². The average Bonchev–Trinajstić information content (AvgIpc) is 3.23. The molecule has 3 aromatic carbocycles. The van der Waals surface area contributed by atoms with Crippen LogP contribution in [-0.2, 0) is 14.1 Å². The molecule has 0 fully saturated rings. The Balaban J connectivity index is 1.86. The van der Waals surface area contributed by atoms with E-state index in [-0.39, 0.29) is 5.75 Å². The average molecular weight is 483 g/mol. The molecule has 0 unspecified atom stereocenters. The lowest BCUT2D eigenvalue weighted by Gasteiger charge is -2.30. The Morgan fingerprint density at radius 3 is 2.39 bits per heavy atom. The van der Waals surface area contributed by atoms with Gasteiger partial charge in [-0.25, -0.2) is 9.18 Å². The van der Waals surface area contributed by atoms with E-state index in [1.54, 1.807) is 31.3 Å². The lowest BCUT2D eigenvalue weighted by molar-refractivity contribution is 0.224. The van der Waals surface area contributed by atoms with Crippen molar-refractivity contribution in [2.24, 2.45) is 14.1 Å². The second-order valence-electron chi connectivity index (χ2n) is 9.03. The summed E-state index contributed by atoms with van der Waals surface area (Å²) in [7, 11) is 3.04. The Kier molecular flexibility index (Phi) is 4.69. The minimum absolute atomic E-state index is 0.0393. The Labute approximate surface area is 204 Å². The maximum atomic E-state index is 13.9. The van der Waals surface area contributed by atoms with Gasteiger partial charge in [0.05, 0.1) is 28.0 Å². The number of aromatic nitrogens is 3. The first-order valence-electron chi connectivity index (χ1n) is 11.4. The molecule has 0 saturated carbocycles. The molecule has 0 saturated heterocycles. The first-order chi connectivity index (χ1) is 17.3. The standard InChI is InChI=1S/C28H22FN3O4/c1-15-8-13-18(20(33)14-15)26-25-24-22(27(34)31(3)28(35)30(24)2)23(16-9-11-17(29)12-10-16)32(25)19-6-4-5-7-21(19)36-26/h4-14,26,33H,1-3H3/t26-/m1/s1. The molecule has 36 heavy (non-hydrogen) atoms. The van der Waals surface area contributed by atoms with Gasteiger partial charge in [-0.2, -0.15) is 0 Å². The first kappa shape index (κ1) is 21.9. The van der Waals surface area contributed by atoms with E-state index in [9.17, 15) is 19.1 Å². The summed E-state index contributed by atoms with van der Waals surface area (Å²) in [5, 5.41) is 11.2. The maximum Gasteiger partial charge on any atom is 0.331 e. The molecular weight excluding hydrogens is 461 g/mol. The Morgan fingerprint density at radius 1 is 0.944 bits per heavy atom. The number of aromatic hydroxyl groups is 1. The SMILES string of the molecule is Cc1ccc([C@H]2Oc3ccccc3-n3c(-c4ccc(F)cc4)c4c(=O)n(C)c(=O)n(C)c4c32)c(O)c1. The molecule has 0 amide bonds. The van der Waals surface area contributed by atoms with Crippen LogP contribution in [0.5, 0.6) is 11.5 Å². The third-order valence-corrected chi connectivity index (χ3v) is 6.79. The van der Waals surface area contributed by atoms with Crippen LogP contribution in [0.1, 0.15) is 22.9 Å². The summed E-state index contributed by atoms with van der Waals surface area (Å²) in [5.41, 5.74) is 3.11. The van der Waals surface area contributed by atoms with Gasteiger partial charge in [0, 0.05) is 19.7 Å². The van der Waals surface area contributed by atoms with Gasteiger partial charge < -0.3 is 14.4 Å². The van der Waals surface area contributed by atoms with Gasteiger partial charge in [0.2, 0.25) is 0 Å². The molecule has 180 valence electrons. The number of ether oxygens (including phenoxy) is 1. The van der Waals surface area contributed by atoms with E-state index in [2.05, 4.69) is 0 Å². The van der Waals surface area contributed by atoms with Crippen molar-refractivity contribution in [2.45, 2.75) is 13.0 Å². The lowest BCUT2D eigenvalue weighted by atomic mass is 10.0. The maximum absolute atomic E-state index is 13.9. The van der Waals surface area contributed by atoms with Crippen molar-refractivity contribution < 1.29 is 14.2 Å². The summed E-state index contributed by atoms with van der Waals surface area (Å²) in [5.74, 6) is 0.179. The van der Waals surface area contributed by atoms with Gasteiger partial charge in [-0.15, -0.1) is 0 Å². The van der Waals surface area contributed by atoms with Crippen LogP contribution in [0, 0.1) is 12.7 Å². The molecular formula is C28H22FN3O4. The Morgan fingerprint density at radius 2 is 1.67 bits per heavy atom. The van der Waals surface area contributed by atoms with E-state index in [1.165, 1.54) is 23.7 Å². The Hall–Kier alpha value is -4.59. The normalized spacial score (nSPS) is 14.4. The van der Waals surface area contributed by atoms with Gasteiger partial charge in [-0.05, 0) is 60.5 Å². The van der Waals surface area contributed by atoms with E-state index in [4.69, 9.17) is 4.74 Å². The molecule has 6 rings (SSSR count). The molecule has 1 atom stereocenters. The monoisotopic (exact) mass is 483 g/mol. The highest BCUT2D eigenvalue weighted by Crippen LogP contribution is 2.47. The molecule has 0 radical (unpaired) electrons. The zero-order valence-corrected chi connectivity index (χ0v) is 19.8. The number of nitrogens with zero attached hydrogens (tertiary/aromatic N) is 3. The van der Waals surface area contributed by atoms with E-state index < -0.39 is 23.2 Å². The van der Waals surface area contributed by atoms with Crippen LogP contribution in [-0.4, -0.2) is 18.8 Å². The fourth-order valence-corrected chi connectivity index (χ4v) is 5.08. The van der Waals surface area contributed by atoms with E-state index in [0.717, 1.165) is 10.1 Å². The molecule has 1 aliphatic rings. The van der Waals surface area contributed by atoms with Gasteiger partial charge in [-0.3, -0.25) is 13.9 Å². The number of fused-ring (bicyclic) bond motifs is 5. The number of phenols is 1. The number of aryl methyl sites for hydroxylation is 2. The number of para-hydroxylation sites is 2. The highest BCUT2D eigenvalue weighted by molar-refractivity contribution is 5.98. The van der Waals surface area contributed by atoms with E-state index in [0.29, 0.717) is 44.9 Å². The van der Waals surface area contributed by atoms with Crippen LogP contribution in [0.25, 0.3) is 27.8 Å². The number of phenolic OH excluding ortho intramolecular Hbond substituents is 1. The number of rotatable bonds is 2. The highest BCUT2D eigenvalue weighted by Gasteiger charge is 2.37. The molecule has 1 aliphatic heterocycles. The molecule has 7 nitrogen and oxygen atoms in total. The number of benzene rings is 3. The van der Waals surface area contributed by atoms with Crippen LogP contribution < -0.4 is 16.0 Å². The van der Waals surface area contributed by atoms with Crippen LogP contribution in [0.2, 0.25) is 0 Å². The zero-order chi connectivity index (χ0) is 25.3. The first-order valence-corrected chi connectivity index (χ1v) is 11.4. The van der Waals surface area contributed by atoms with Crippen molar-refractivity contribution in [3.05, 3.63) is 110 Å². The van der Waals surface area contributed by atoms with Gasteiger partial charge in [0.1, 0.15) is 17.3 Å². The van der Waals surface area contributed by atoms with Crippen molar-refractivity contribution in [3.8, 4) is 28.4 Å². The van der Waals surface area contributed by atoms with Crippen molar-refractivity contribution in [1.82, 2.24) is 13.7 Å². The molecule has 0 bridgehead atoms. The fourth-order valence-electron chi connectivity index (χ4n) is 5.08. The van der Waals surface area contributed by atoms with Gasteiger partial charge >= 0.3 is 5.69 Å². The molecule has 0 aliphatic carbocycles. The predicted octanol–water partition coefficient (Wildman–Crippen LogP) is 4.33. The summed E-state index contributed by atoms with van der Waals surface area (Å²) in [6, 6.07) is 18.5. The fraction of sp³-hybridized carbons (Fsp3) is 0.143. The molecule has 2 aromatic heterocycles. The number of hydrogen-bond acceptors (Lipinski definition) is 4. The van der Waals surface area contributed by atoms with Gasteiger partial charge in [-0.1, -0.05) is 24.3 Å². The van der Waals surface area contributed by atoms with Crippen LogP contribution in [0.4, 0.5) is 4.39 Å². The summed E-state index contributed by atoms with van der Waals surface area (Å²) < 4.78 is 24.7. The van der Waals surface area contributed by atoms with Crippen LogP contribution in [0.15, 0.2) is 76.3 Å². The number of hydrogen-bond donors (Lipinski definition) is 1. The minimum atomic E-state index is -0.824. The molecule has 3 heterocycles. The molecule has 5 aromatic rings. The third kappa shape index (κ3) is 2.97. The third-order valence-electron chi connectivity index (χ3n) is 6.79. The summed E-state index contributed by atoms with van der Waals surface area (Å²) in [6.45, 7) is 1.87. The van der Waals surface area contributed by atoms with E-state index >= 15 is 0 Å². The summed E-state index contributed by atoms with van der Waals surface area (Å²) >= 11 is 0. The Bertz CT molecular complexity index is 1810.